The Morgan fingerprint density at radius 1 is 1.20 bits per heavy atom. The zero-order chi connectivity index (χ0) is 17.6. The molecule has 1 aliphatic rings. The molecule has 0 aliphatic carbocycles. The van der Waals surface area contributed by atoms with Gasteiger partial charge in [-0.15, -0.1) is 0 Å². The molecule has 1 aromatic carbocycles. The third-order valence-corrected chi connectivity index (χ3v) is 4.51. The lowest BCUT2D eigenvalue weighted by Crippen LogP contribution is -2.52. The van der Waals surface area contributed by atoms with E-state index in [1.54, 1.807) is 17.3 Å². The number of nitrogens with one attached hydrogen (secondary N) is 1. The number of aryl methyl sites for hydroxylation is 2. The molecule has 130 valence electrons. The molecule has 2 heterocycles. The molecule has 1 N–H and O–H groups in total. The molecule has 3 rings (SSSR count). The molecule has 25 heavy (non-hydrogen) atoms. The van der Waals surface area contributed by atoms with Crippen LogP contribution in [0.2, 0.25) is 0 Å². The number of rotatable bonds is 5. The maximum absolute atomic E-state index is 12.7. The Bertz CT molecular complexity index is 728. The number of carbonyl (C=O) groups is 2. The van der Waals surface area contributed by atoms with Crippen molar-refractivity contribution in [2.24, 2.45) is 0 Å². The number of benzene rings is 1. The zero-order valence-electron chi connectivity index (χ0n) is 14.4. The molecule has 1 atom stereocenters. The summed E-state index contributed by atoms with van der Waals surface area (Å²) in [5.41, 5.74) is 3.13. The molecular weight excluding hydrogens is 314 g/mol. The van der Waals surface area contributed by atoms with Gasteiger partial charge in [0.05, 0.1) is 0 Å². The van der Waals surface area contributed by atoms with Gasteiger partial charge in [-0.3, -0.25) is 14.6 Å². The number of pyridine rings is 1. The van der Waals surface area contributed by atoms with E-state index in [-0.39, 0.29) is 11.8 Å². The van der Waals surface area contributed by atoms with E-state index in [4.69, 9.17) is 0 Å². The molecule has 5 heteroatoms. The quantitative estimate of drug-likeness (QED) is 0.912. The Morgan fingerprint density at radius 3 is 2.64 bits per heavy atom. The number of amides is 2. The van der Waals surface area contributed by atoms with Crippen LogP contribution in [-0.4, -0.2) is 29.4 Å². The number of hydrogen-bond donors (Lipinski definition) is 1. The summed E-state index contributed by atoms with van der Waals surface area (Å²) < 4.78 is 0. The molecule has 0 radical (unpaired) electrons. The summed E-state index contributed by atoms with van der Waals surface area (Å²) in [5.74, 6) is -0.103. The smallest absolute Gasteiger partial charge is 0.249 e. The molecule has 1 aromatic heterocycles. The second-order valence-electron chi connectivity index (χ2n) is 6.44. The number of aromatic nitrogens is 1. The van der Waals surface area contributed by atoms with E-state index in [0.29, 0.717) is 25.8 Å². The van der Waals surface area contributed by atoms with Crippen LogP contribution < -0.4 is 10.2 Å². The first-order valence-corrected chi connectivity index (χ1v) is 8.70. The molecule has 1 fully saturated rings. The van der Waals surface area contributed by atoms with Crippen molar-refractivity contribution in [3.8, 4) is 0 Å². The fraction of sp³-hybridized carbons (Fsp3) is 0.350. The lowest BCUT2D eigenvalue weighted by Gasteiger charge is -2.32. The van der Waals surface area contributed by atoms with Crippen molar-refractivity contribution in [2.45, 2.75) is 38.6 Å². The van der Waals surface area contributed by atoms with E-state index in [2.05, 4.69) is 10.3 Å². The standard InChI is InChI=1S/C20H23N3O2/c1-15-4-7-17(8-5-15)23-14-2-3-18(20(23)25)22-19(24)9-6-16-10-12-21-13-11-16/h4-5,7-8,10-13,18H,2-3,6,9,14H2,1H3,(H,22,24). The summed E-state index contributed by atoms with van der Waals surface area (Å²) in [6.45, 7) is 2.72. The molecular formula is C20H23N3O2. The van der Waals surface area contributed by atoms with E-state index < -0.39 is 6.04 Å². The van der Waals surface area contributed by atoms with Crippen molar-refractivity contribution in [3.05, 3.63) is 59.9 Å². The first kappa shape index (κ1) is 17.1. The Kier molecular flexibility index (Phi) is 5.43. The predicted molar refractivity (Wildman–Crippen MR) is 97.3 cm³/mol. The summed E-state index contributed by atoms with van der Waals surface area (Å²) in [4.78, 5) is 30.7. The van der Waals surface area contributed by atoms with Gasteiger partial charge in [-0.2, -0.15) is 0 Å². The van der Waals surface area contributed by atoms with Gasteiger partial charge in [-0.1, -0.05) is 17.7 Å². The van der Waals surface area contributed by atoms with Crippen molar-refractivity contribution >= 4 is 17.5 Å². The zero-order valence-corrected chi connectivity index (χ0v) is 14.4. The average molecular weight is 337 g/mol. The van der Waals surface area contributed by atoms with Gasteiger partial charge < -0.3 is 10.2 Å². The predicted octanol–water partition coefficient (Wildman–Crippen LogP) is 2.63. The van der Waals surface area contributed by atoms with E-state index >= 15 is 0 Å². The van der Waals surface area contributed by atoms with E-state index in [1.165, 1.54) is 0 Å². The summed E-state index contributed by atoms with van der Waals surface area (Å²) in [5, 5.41) is 2.90. The molecule has 2 amide bonds. The van der Waals surface area contributed by atoms with Crippen LogP contribution >= 0.6 is 0 Å². The van der Waals surface area contributed by atoms with Crippen LogP contribution in [0.1, 0.15) is 30.4 Å². The average Bonchev–Trinajstić information content (AvgIpc) is 2.63. The van der Waals surface area contributed by atoms with Crippen LogP contribution in [0.15, 0.2) is 48.8 Å². The highest BCUT2D eigenvalue weighted by Crippen LogP contribution is 2.21. The van der Waals surface area contributed by atoms with Crippen LogP contribution in [0, 0.1) is 6.92 Å². The highest BCUT2D eigenvalue weighted by molar-refractivity contribution is 5.99. The van der Waals surface area contributed by atoms with Crippen LogP contribution in [-0.2, 0) is 16.0 Å². The van der Waals surface area contributed by atoms with Crippen LogP contribution in [0.5, 0.6) is 0 Å². The van der Waals surface area contributed by atoms with Crippen molar-refractivity contribution in [3.63, 3.8) is 0 Å². The third-order valence-electron chi connectivity index (χ3n) is 4.51. The molecule has 0 saturated carbocycles. The van der Waals surface area contributed by atoms with Gasteiger partial charge in [-0.05, 0) is 56.0 Å². The number of hydrogen-bond acceptors (Lipinski definition) is 3. The van der Waals surface area contributed by atoms with E-state index in [0.717, 1.165) is 23.2 Å². The fourth-order valence-corrected chi connectivity index (χ4v) is 3.06. The van der Waals surface area contributed by atoms with Gasteiger partial charge >= 0.3 is 0 Å². The highest BCUT2D eigenvalue weighted by atomic mass is 16.2. The van der Waals surface area contributed by atoms with Gasteiger partial charge in [0.2, 0.25) is 11.8 Å². The van der Waals surface area contributed by atoms with Crippen LogP contribution in [0.4, 0.5) is 5.69 Å². The van der Waals surface area contributed by atoms with Crippen molar-refractivity contribution in [2.75, 3.05) is 11.4 Å². The van der Waals surface area contributed by atoms with Crippen molar-refractivity contribution < 1.29 is 9.59 Å². The lowest BCUT2D eigenvalue weighted by atomic mass is 10.0. The van der Waals surface area contributed by atoms with Crippen LogP contribution in [0.25, 0.3) is 0 Å². The van der Waals surface area contributed by atoms with Gasteiger partial charge in [0.15, 0.2) is 0 Å². The summed E-state index contributed by atoms with van der Waals surface area (Å²) in [6, 6.07) is 11.3. The number of piperidine rings is 1. The first-order valence-electron chi connectivity index (χ1n) is 8.70. The second kappa shape index (κ2) is 7.92. The maximum Gasteiger partial charge on any atom is 0.249 e. The lowest BCUT2D eigenvalue weighted by molar-refractivity contribution is -0.128. The van der Waals surface area contributed by atoms with E-state index in [9.17, 15) is 9.59 Å². The number of nitrogens with zero attached hydrogens (tertiary/aromatic N) is 2. The SMILES string of the molecule is Cc1ccc(N2CCCC(NC(=O)CCc3ccncc3)C2=O)cc1. The Hall–Kier alpha value is -2.69. The maximum atomic E-state index is 12.7. The molecule has 1 unspecified atom stereocenters. The van der Waals surface area contributed by atoms with Crippen molar-refractivity contribution in [1.29, 1.82) is 0 Å². The topological polar surface area (TPSA) is 62.3 Å². The minimum Gasteiger partial charge on any atom is -0.344 e. The van der Waals surface area contributed by atoms with Gasteiger partial charge in [-0.25, -0.2) is 0 Å². The third kappa shape index (κ3) is 4.44. The summed E-state index contributed by atoms with van der Waals surface area (Å²) >= 11 is 0. The van der Waals surface area contributed by atoms with Crippen molar-refractivity contribution in [1.82, 2.24) is 10.3 Å². The van der Waals surface area contributed by atoms with Gasteiger partial charge in [0.25, 0.3) is 0 Å². The minimum absolute atomic E-state index is 0.0210. The highest BCUT2D eigenvalue weighted by Gasteiger charge is 2.30. The monoisotopic (exact) mass is 337 g/mol. The largest absolute Gasteiger partial charge is 0.344 e. The number of anilines is 1. The Morgan fingerprint density at radius 2 is 1.92 bits per heavy atom. The van der Waals surface area contributed by atoms with Crippen LogP contribution in [0.3, 0.4) is 0 Å². The second-order valence-corrected chi connectivity index (χ2v) is 6.44. The Balaban J connectivity index is 1.57. The fourth-order valence-electron chi connectivity index (χ4n) is 3.06. The molecule has 0 bridgehead atoms. The van der Waals surface area contributed by atoms with Gasteiger partial charge in [0, 0.05) is 31.0 Å². The molecule has 5 nitrogen and oxygen atoms in total. The molecule has 1 aliphatic heterocycles. The normalized spacial score (nSPS) is 17.4. The Labute approximate surface area is 148 Å². The first-order chi connectivity index (χ1) is 12.1. The number of carbonyl (C=O) groups excluding carboxylic acids is 2. The summed E-state index contributed by atoms with van der Waals surface area (Å²) in [6.07, 6.45) is 6.04. The molecule has 2 aromatic rings. The molecule has 0 spiro atoms. The van der Waals surface area contributed by atoms with Gasteiger partial charge in [0.1, 0.15) is 6.04 Å². The molecule has 1 saturated heterocycles. The summed E-state index contributed by atoms with van der Waals surface area (Å²) in [7, 11) is 0. The minimum atomic E-state index is -0.431. The van der Waals surface area contributed by atoms with E-state index in [1.807, 2.05) is 43.3 Å².